The number of rotatable bonds is 13. The predicted molar refractivity (Wildman–Crippen MR) is 148 cm³/mol. The lowest BCUT2D eigenvalue weighted by Gasteiger charge is -2.33. The number of carbonyl (C=O) groups excluding carboxylic acids is 2. The highest BCUT2D eigenvalue weighted by atomic mass is 32.2. The van der Waals surface area contributed by atoms with Gasteiger partial charge in [0.05, 0.1) is 12.0 Å². The van der Waals surface area contributed by atoms with Gasteiger partial charge in [-0.05, 0) is 55.5 Å². The van der Waals surface area contributed by atoms with E-state index in [1.54, 1.807) is 42.3 Å². The second-order valence-corrected chi connectivity index (χ2v) is 11.9. The zero-order chi connectivity index (χ0) is 27.5. The number of carbonyl (C=O) groups is 2. The van der Waals surface area contributed by atoms with Crippen LogP contribution in [0.3, 0.4) is 0 Å². The van der Waals surface area contributed by atoms with Crippen molar-refractivity contribution < 1.29 is 22.7 Å². The maximum atomic E-state index is 13.5. The molecule has 3 rings (SSSR count). The van der Waals surface area contributed by atoms with E-state index >= 15 is 0 Å². The van der Waals surface area contributed by atoms with Crippen molar-refractivity contribution in [3.8, 4) is 5.75 Å². The van der Waals surface area contributed by atoms with Crippen molar-refractivity contribution in [1.82, 2.24) is 14.5 Å². The van der Waals surface area contributed by atoms with Crippen LogP contribution in [0, 0.1) is 0 Å². The smallest absolute Gasteiger partial charge is 0.243 e. The van der Waals surface area contributed by atoms with Crippen molar-refractivity contribution in [3.05, 3.63) is 60.2 Å². The summed E-state index contributed by atoms with van der Waals surface area (Å²) in [4.78, 5) is 28.8. The second kappa shape index (κ2) is 14.3. The second-order valence-electron chi connectivity index (χ2n) is 9.88. The summed E-state index contributed by atoms with van der Waals surface area (Å²) in [6, 6.07) is 15.3. The fraction of sp³-hybridized carbons (Fsp3) is 0.517. The molecule has 0 heterocycles. The Bertz CT molecular complexity index is 1150. The van der Waals surface area contributed by atoms with Crippen molar-refractivity contribution in [3.63, 3.8) is 0 Å². The van der Waals surface area contributed by atoms with E-state index in [0.29, 0.717) is 18.6 Å². The minimum atomic E-state index is -3.63. The molecule has 0 aromatic heterocycles. The molecule has 9 heteroatoms. The van der Waals surface area contributed by atoms with Crippen molar-refractivity contribution in [1.29, 1.82) is 0 Å². The molecular formula is C29H41N3O5S. The molecule has 2 aromatic carbocycles. The number of nitrogens with one attached hydrogen (secondary N) is 1. The summed E-state index contributed by atoms with van der Waals surface area (Å²) >= 11 is 0. The minimum Gasteiger partial charge on any atom is -0.497 e. The van der Waals surface area contributed by atoms with Crippen molar-refractivity contribution >= 4 is 21.8 Å². The number of hydrogen-bond acceptors (Lipinski definition) is 5. The largest absolute Gasteiger partial charge is 0.497 e. The number of hydrogen-bond donors (Lipinski definition) is 1. The van der Waals surface area contributed by atoms with E-state index in [0.717, 1.165) is 31.2 Å². The van der Waals surface area contributed by atoms with Crippen LogP contribution in [0.5, 0.6) is 5.75 Å². The molecule has 1 aliphatic carbocycles. The molecule has 1 saturated carbocycles. The third kappa shape index (κ3) is 8.04. The van der Waals surface area contributed by atoms with Crippen LogP contribution in [0.25, 0.3) is 0 Å². The zero-order valence-electron chi connectivity index (χ0n) is 22.8. The molecule has 0 spiro atoms. The van der Waals surface area contributed by atoms with Gasteiger partial charge in [0.25, 0.3) is 0 Å². The highest BCUT2D eigenvalue weighted by Crippen LogP contribution is 2.21. The average Bonchev–Trinajstić information content (AvgIpc) is 2.93. The first-order valence-corrected chi connectivity index (χ1v) is 14.9. The summed E-state index contributed by atoms with van der Waals surface area (Å²) in [5.41, 5.74) is 0.866. The van der Waals surface area contributed by atoms with E-state index in [9.17, 15) is 18.0 Å². The van der Waals surface area contributed by atoms with Gasteiger partial charge in [0.1, 0.15) is 11.8 Å². The lowest BCUT2D eigenvalue weighted by molar-refractivity contribution is -0.141. The van der Waals surface area contributed by atoms with Gasteiger partial charge in [0, 0.05) is 32.6 Å². The summed E-state index contributed by atoms with van der Waals surface area (Å²) in [7, 11) is -0.521. The number of methoxy groups -OCH3 is 1. The molecule has 1 aliphatic rings. The Morgan fingerprint density at radius 2 is 1.76 bits per heavy atom. The molecule has 2 amide bonds. The summed E-state index contributed by atoms with van der Waals surface area (Å²) in [5.74, 6) is 0.380. The first-order chi connectivity index (χ1) is 18.3. The molecule has 0 bridgehead atoms. The molecule has 1 unspecified atom stereocenters. The maximum absolute atomic E-state index is 13.5. The van der Waals surface area contributed by atoms with Gasteiger partial charge in [-0.25, -0.2) is 12.7 Å². The van der Waals surface area contributed by atoms with Gasteiger partial charge in [0.2, 0.25) is 21.8 Å². The van der Waals surface area contributed by atoms with E-state index in [4.69, 9.17) is 4.74 Å². The van der Waals surface area contributed by atoms with E-state index in [1.165, 1.54) is 17.8 Å². The molecule has 0 radical (unpaired) electrons. The van der Waals surface area contributed by atoms with Crippen molar-refractivity contribution in [2.45, 2.75) is 81.8 Å². The Labute approximate surface area is 227 Å². The Balaban J connectivity index is 1.71. The monoisotopic (exact) mass is 543 g/mol. The topological polar surface area (TPSA) is 96.0 Å². The van der Waals surface area contributed by atoms with Gasteiger partial charge in [-0.2, -0.15) is 0 Å². The fourth-order valence-corrected chi connectivity index (χ4v) is 6.15. The zero-order valence-corrected chi connectivity index (χ0v) is 23.6. The van der Waals surface area contributed by atoms with Crippen LogP contribution in [-0.2, 0) is 26.2 Å². The molecular weight excluding hydrogens is 502 g/mol. The van der Waals surface area contributed by atoms with Crippen LogP contribution in [0.2, 0.25) is 0 Å². The Kier molecular flexibility index (Phi) is 11.2. The average molecular weight is 544 g/mol. The molecule has 1 atom stereocenters. The molecule has 2 aromatic rings. The predicted octanol–water partition coefficient (Wildman–Crippen LogP) is 4.35. The van der Waals surface area contributed by atoms with E-state index in [-0.39, 0.29) is 42.3 Å². The summed E-state index contributed by atoms with van der Waals surface area (Å²) < 4.78 is 32.3. The van der Waals surface area contributed by atoms with Gasteiger partial charge >= 0.3 is 0 Å². The van der Waals surface area contributed by atoms with Crippen LogP contribution >= 0.6 is 0 Å². The maximum Gasteiger partial charge on any atom is 0.243 e. The lowest BCUT2D eigenvalue weighted by Crippen LogP contribution is -2.51. The Morgan fingerprint density at radius 3 is 2.42 bits per heavy atom. The first kappa shape index (κ1) is 29.6. The number of nitrogens with zero attached hydrogens (tertiary/aromatic N) is 2. The Morgan fingerprint density at radius 1 is 1.05 bits per heavy atom. The van der Waals surface area contributed by atoms with Gasteiger partial charge in [-0.15, -0.1) is 0 Å². The summed E-state index contributed by atoms with van der Waals surface area (Å²) in [5, 5.41) is 3.18. The van der Waals surface area contributed by atoms with Crippen molar-refractivity contribution in [2.24, 2.45) is 0 Å². The van der Waals surface area contributed by atoms with Gasteiger partial charge in [-0.1, -0.05) is 56.5 Å². The van der Waals surface area contributed by atoms with Crippen LogP contribution in [-0.4, -0.2) is 62.2 Å². The molecule has 208 valence electrons. The highest BCUT2D eigenvalue weighted by molar-refractivity contribution is 7.89. The molecule has 1 fully saturated rings. The SMILES string of the molecule is CCC(C(=O)NC1CCCCC1)N(Cc1cccc(OC)c1)C(=O)CCCN(C)S(=O)(=O)c1ccccc1. The molecule has 0 aliphatic heterocycles. The highest BCUT2D eigenvalue weighted by Gasteiger charge is 2.30. The van der Waals surface area contributed by atoms with Crippen LogP contribution in [0.1, 0.15) is 63.9 Å². The number of ether oxygens (including phenoxy) is 1. The molecule has 0 saturated heterocycles. The normalized spacial score (nSPS) is 15.2. The Hall–Kier alpha value is -2.91. The minimum absolute atomic E-state index is 0.126. The standard InChI is InChI=1S/C29H41N3O5S/c1-4-27(29(34)30-24-14-7-5-8-15-24)32(22-23-13-11-16-25(21-23)37-3)28(33)19-12-20-31(2)38(35,36)26-17-9-6-10-18-26/h6,9-11,13,16-18,21,24,27H,4-5,7-8,12,14-15,19-20,22H2,1-3H3,(H,30,34). The van der Waals surface area contributed by atoms with Gasteiger partial charge < -0.3 is 15.0 Å². The number of sulfonamides is 1. The van der Waals surface area contributed by atoms with Crippen LogP contribution in [0.4, 0.5) is 0 Å². The van der Waals surface area contributed by atoms with E-state index in [1.807, 2.05) is 31.2 Å². The molecule has 1 N–H and O–H groups in total. The first-order valence-electron chi connectivity index (χ1n) is 13.5. The number of amides is 2. The fourth-order valence-electron chi connectivity index (χ4n) is 4.92. The van der Waals surface area contributed by atoms with Gasteiger partial charge in [0.15, 0.2) is 0 Å². The molecule has 8 nitrogen and oxygen atoms in total. The number of benzene rings is 2. The van der Waals surface area contributed by atoms with E-state index in [2.05, 4.69) is 5.32 Å². The quantitative estimate of drug-likeness (QED) is 0.405. The molecule has 38 heavy (non-hydrogen) atoms. The summed E-state index contributed by atoms with van der Waals surface area (Å²) in [6.45, 7) is 2.38. The third-order valence-electron chi connectivity index (χ3n) is 7.14. The van der Waals surface area contributed by atoms with Crippen LogP contribution in [0.15, 0.2) is 59.5 Å². The van der Waals surface area contributed by atoms with Crippen molar-refractivity contribution in [2.75, 3.05) is 20.7 Å². The van der Waals surface area contributed by atoms with Crippen LogP contribution < -0.4 is 10.1 Å². The van der Waals surface area contributed by atoms with Gasteiger partial charge in [-0.3, -0.25) is 9.59 Å². The summed E-state index contributed by atoms with van der Waals surface area (Å²) in [6.07, 6.45) is 6.29. The lowest BCUT2D eigenvalue weighted by atomic mass is 9.95. The van der Waals surface area contributed by atoms with E-state index < -0.39 is 16.1 Å². The third-order valence-corrected chi connectivity index (χ3v) is 9.01.